The quantitative estimate of drug-likeness (QED) is 0.339. The topological polar surface area (TPSA) is 102 Å². The zero-order valence-electron chi connectivity index (χ0n) is 14.3. The highest BCUT2D eigenvalue weighted by Crippen LogP contribution is 2.17. The lowest BCUT2D eigenvalue weighted by Crippen LogP contribution is -2.19. The van der Waals surface area contributed by atoms with Gasteiger partial charge in [-0.05, 0) is 33.6 Å². The summed E-state index contributed by atoms with van der Waals surface area (Å²) in [5.41, 5.74) is 3.94. The zero-order valence-corrected chi connectivity index (χ0v) is 16.6. The summed E-state index contributed by atoms with van der Waals surface area (Å²) in [4.78, 5) is 22.6. The van der Waals surface area contributed by atoms with Crippen molar-refractivity contribution in [2.75, 3.05) is 0 Å². The van der Waals surface area contributed by atoms with Crippen LogP contribution in [-0.2, 0) is 6.54 Å². The van der Waals surface area contributed by atoms with Crippen molar-refractivity contribution in [3.8, 4) is 0 Å². The van der Waals surface area contributed by atoms with Gasteiger partial charge in [0.1, 0.15) is 0 Å². The SMILES string of the molecule is O=C(NN=Cc1cccc([N+](=O)[O-])c1)c1nn(Cc2ccc(Cl)cc2)cc1Br. The van der Waals surface area contributed by atoms with Crippen molar-refractivity contribution in [3.05, 3.63) is 91.2 Å². The van der Waals surface area contributed by atoms with E-state index < -0.39 is 10.8 Å². The van der Waals surface area contributed by atoms with Gasteiger partial charge in [0.05, 0.1) is 22.2 Å². The Morgan fingerprint density at radius 3 is 2.79 bits per heavy atom. The molecule has 0 aliphatic heterocycles. The number of nitro benzene ring substituents is 1. The highest BCUT2D eigenvalue weighted by molar-refractivity contribution is 9.10. The van der Waals surface area contributed by atoms with Crippen LogP contribution in [0.2, 0.25) is 5.02 Å². The summed E-state index contributed by atoms with van der Waals surface area (Å²) in [6.07, 6.45) is 3.01. The summed E-state index contributed by atoms with van der Waals surface area (Å²) in [7, 11) is 0. The molecule has 1 aromatic heterocycles. The predicted molar refractivity (Wildman–Crippen MR) is 109 cm³/mol. The minimum Gasteiger partial charge on any atom is -0.266 e. The van der Waals surface area contributed by atoms with Crippen molar-refractivity contribution in [2.24, 2.45) is 5.10 Å². The third-order valence-corrected chi connectivity index (χ3v) is 4.48. The lowest BCUT2D eigenvalue weighted by molar-refractivity contribution is -0.384. The first kappa shape index (κ1) is 19.7. The van der Waals surface area contributed by atoms with E-state index in [0.29, 0.717) is 21.6 Å². The Bertz CT molecular complexity index is 1050. The number of hydrogen-bond donors (Lipinski definition) is 1. The van der Waals surface area contributed by atoms with Gasteiger partial charge < -0.3 is 0 Å². The van der Waals surface area contributed by atoms with E-state index in [9.17, 15) is 14.9 Å². The summed E-state index contributed by atoms with van der Waals surface area (Å²) in [5, 5.41) is 19.5. The molecule has 28 heavy (non-hydrogen) atoms. The number of halogens is 2. The number of benzene rings is 2. The Morgan fingerprint density at radius 2 is 2.07 bits per heavy atom. The summed E-state index contributed by atoms with van der Waals surface area (Å²) >= 11 is 9.19. The summed E-state index contributed by atoms with van der Waals surface area (Å²) in [6, 6.07) is 13.2. The van der Waals surface area contributed by atoms with Crippen molar-refractivity contribution in [1.29, 1.82) is 0 Å². The maximum absolute atomic E-state index is 12.3. The van der Waals surface area contributed by atoms with E-state index in [1.54, 1.807) is 29.1 Å². The van der Waals surface area contributed by atoms with Crippen LogP contribution in [0.5, 0.6) is 0 Å². The van der Waals surface area contributed by atoms with Crippen molar-refractivity contribution in [3.63, 3.8) is 0 Å². The monoisotopic (exact) mass is 461 g/mol. The Hall–Kier alpha value is -3.04. The zero-order chi connectivity index (χ0) is 20.1. The van der Waals surface area contributed by atoms with E-state index in [0.717, 1.165) is 5.56 Å². The van der Waals surface area contributed by atoms with Crippen LogP contribution in [0, 0.1) is 10.1 Å². The van der Waals surface area contributed by atoms with Gasteiger partial charge >= 0.3 is 0 Å². The lowest BCUT2D eigenvalue weighted by Gasteiger charge is -2.01. The molecule has 2 aromatic carbocycles. The summed E-state index contributed by atoms with van der Waals surface area (Å²) in [5.74, 6) is -0.511. The molecule has 3 aromatic rings. The Kier molecular flexibility index (Phi) is 6.17. The number of amides is 1. The third-order valence-electron chi connectivity index (χ3n) is 3.65. The second-order valence-corrected chi connectivity index (χ2v) is 6.99. The van der Waals surface area contributed by atoms with E-state index in [4.69, 9.17) is 11.6 Å². The van der Waals surface area contributed by atoms with E-state index >= 15 is 0 Å². The standard InChI is InChI=1S/C18H13BrClN5O3/c19-16-11-24(10-12-4-6-14(20)7-5-12)23-17(16)18(26)22-21-9-13-2-1-3-15(8-13)25(27)28/h1-9,11H,10H2,(H,22,26). The molecule has 0 spiro atoms. The number of rotatable bonds is 6. The normalized spacial score (nSPS) is 10.9. The molecule has 10 heteroatoms. The molecule has 0 saturated heterocycles. The average Bonchev–Trinajstić information content (AvgIpc) is 3.04. The van der Waals surface area contributed by atoms with Crippen LogP contribution in [0.25, 0.3) is 0 Å². The van der Waals surface area contributed by atoms with Crippen molar-refractivity contribution in [1.82, 2.24) is 15.2 Å². The lowest BCUT2D eigenvalue weighted by atomic mass is 10.2. The van der Waals surface area contributed by atoms with Gasteiger partial charge in [-0.25, -0.2) is 5.43 Å². The average molecular weight is 463 g/mol. The molecular formula is C18H13BrClN5O3. The highest BCUT2D eigenvalue weighted by atomic mass is 79.9. The molecule has 0 aliphatic rings. The van der Waals surface area contributed by atoms with Gasteiger partial charge in [0.15, 0.2) is 5.69 Å². The molecule has 1 heterocycles. The van der Waals surface area contributed by atoms with Crippen LogP contribution in [0.1, 0.15) is 21.6 Å². The molecule has 3 rings (SSSR count). The molecular weight excluding hydrogens is 450 g/mol. The van der Waals surface area contributed by atoms with E-state index in [1.165, 1.54) is 24.4 Å². The predicted octanol–water partition coefficient (Wildman–Crippen LogP) is 4.02. The van der Waals surface area contributed by atoms with Crippen LogP contribution in [0.3, 0.4) is 0 Å². The molecule has 1 amide bonds. The molecule has 0 fully saturated rings. The van der Waals surface area contributed by atoms with Crippen LogP contribution in [0.4, 0.5) is 5.69 Å². The molecule has 0 bridgehead atoms. The Morgan fingerprint density at radius 1 is 1.32 bits per heavy atom. The number of aromatic nitrogens is 2. The Labute approximate surface area is 173 Å². The first-order valence-corrected chi connectivity index (χ1v) is 9.15. The maximum Gasteiger partial charge on any atom is 0.293 e. The number of hydrazone groups is 1. The van der Waals surface area contributed by atoms with E-state index in [-0.39, 0.29) is 11.4 Å². The van der Waals surface area contributed by atoms with E-state index in [2.05, 4.69) is 31.6 Å². The molecule has 0 aliphatic carbocycles. The highest BCUT2D eigenvalue weighted by Gasteiger charge is 2.15. The number of nitrogens with zero attached hydrogens (tertiary/aromatic N) is 4. The fraction of sp³-hybridized carbons (Fsp3) is 0.0556. The molecule has 8 nitrogen and oxygen atoms in total. The fourth-order valence-corrected chi connectivity index (χ4v) is 2.97. The van der Waals surface area contributed by atoms with Crippen molar-refractivity contribution >= 4 is 45.3 Å². The van der Waals surface area contributed by atoms with Crippen LogP contribution >= 0.6 is 27.5 Å². The van der Waals surface area contributed by atoms with E-state index in [1.807, 2.05) is 12.1 Å². The molecule has 0 unspecified atom stereocenters. The van der Waals surface area contributed by atoms with Gasteiger partial charge in [0, 0.05) is 28.9 Å². The number of carbonyl (C=O) groups excluding carboxylic acids is 1. The maximum atomic E-state index is 12.3. The number of nitrogens with one attached hydrogen (secondary N) is 1. The molecule has 0 atom stereocenters. The van der Waals surface area contributed by atoms with Gasteiger partial charge in [-0.3, -0.25) is 19.6 Å². The summed E-state index contributed by atoms with van der Waals surface area (Å²) in [6.45, 7) is 0.472. The van der Waals surface area contributed by atoms with Gasteiger partial charge in [0.2, 0.25) is 0 Å². The number of nitro groups is 1. The van der Waals surface area contributed by atoms with Crippen LogP contribution < -0.4 is 5.43 Å². The van der Waals surface area contributed by atoms with Gasteiger partial charge in [0.25, 0.3) is 11.6 Å². The fourth-order valence-electron chi connectivity index (χ4n) is 2.35. The van der Waals surface area contributed by atoms with Crippen LogP contribution in [0.15, 0.2) is 64.3 Å². The van der Waals surface area contributed by atoms with Gasteiger partial charge in [-0.2, -0.15) is 10.2 Å². The minimum atomic E-state index is -0.511. The first-order chi connectivity index (χ1) is 13.4. The molecule has 142 valence electrons. The summed E-state index contributed by atoms with van der Waals surface area (Å²) < 4.78 is 2.14. The second-order valence-electron chi connectivity index (χ2n) is 5.70. The number of hydrogen-bond acceptors (Lipinski definition) is 5. The Balaban J connectivity index is 1.66. The molecule has 1 N–H and O–H groups in total. The second kappa shape index (κ2) is 8.77. The molecule has 0 radical (unpaired) electrons. The minimum absolute atomic E-state index is 0.0565. The first-order valence-electron chi connectivity index (χ1n) is 7.97. The van der Waals surface area contributed by atoms with Gasteiger partial charge in [-0.1, -0.05) is 35.9 Å². The van der Waals surface area contributed by atoms with Gasteiger partial charge in [-0.15, -0.1) is 0 Å². The van der Waals surface area contributed by atoms with Crippen molar-refractivity contribution < 1.29 is 9.72 Å². The third kappa shape index (κ3) is 5.02. The smallest absolute Gasteiger partial charge is 0.266 e. The number of carbonyl (C=O) groups is 1. The van der Waals surface area contributed by atoms with Crippen LogP contribution in [-0.4, -0.2) is 26.8 Å². The molecule has 0 saturated carbocycles. The largest absolute Gasteiger partial charge is 0.293 e. The number of non-ortho nitro benzene ring substituents is 1. The van der Waals surface area contributed by atoms with Crippen molar-refractivity contribution in [2.45, 2.75) is 6.54 Å².